The molecule has 0 spiro atoms. The Hall–Kier alpha value is -0.650. The number of alkyl halides is 2. The highest BCUT2D eigenvalue weighted by molar-refractivity contribution is 7.99. The number of carbonyl (C=O) groups excluding carboxylic acids is 2. The number of ether oxygens (including phenoxy) is 2. The molecule has 0 aromatic rings. The number of amides is 1. The predicted octanol–water partition coefficient (Wildman–Crippen LogP) is 6.56. The normalized spacial score (nSPS) is 30.0. The fraction of sp³-hybridized carbons (Fsp3) is 0.941. The van der Waals surface area contributed by atoms with E-state index >= 15 is 4.39 Å². The van der Waals surface area contributed by atoms with Crippen LogP contribution in [0.5, 0.6) is 0 Å². The highest BCUT2D eigenvalue weighted by Gasteiger charge is 2.50. The SMILES string of the molecule is CCCCCCCCCCCCCCCC(=O)OC1C(SC)OC(C(NC(=O)C2CC(F)(CCC)CCN2)C(C)Cl)C(O)C1O. The zero-order chi connectivity index (χ0) is 33.2. The molecule has 2 aliphatic heterocycles. The van der Waals surface area contributed by atoms with Crippen LogP contribution in [0.25, 0.3) is 0 Å². The Morgan fingerprint density at radius 3 is 2.11 bits per heavy atom. The zero-order valence-electron chi connectivity index (χ0n) is 28.2. The zero-order valence-corrected chi connectivity index (χ0v) is 29.8. The first kappa shape index (κ1) is 40.5. The fourth-order valence-electron chi connectivity index (χ4n) is 6.57. The average Bonchev–Trinajstić information content (AvgIpc) is 3.00. The van der Waals surface area contributed by atoms with Gasteiger partial charge in [-0.25, -0.2) is 4.39 Å². The summed E-state index contributed by atoms with van der Waals surface area (Å²) in [5, 5.41) is 27.4. The van der Waals surface area contributed by atoms with E-state index in [2.05, 4.69) is 17.6 Å². The lowest BCUT2D eigenvalue weighted by Crippen LogP contribution is -2.66. The molecule has 2 fully saturated rings. The number of aliphatic hydroxyl groups is 2. The van der Waals surface area contributed by atoms with Gasteiger partial charge in [0.15, 0.2) is 6.10 Å². The Kier molecular flexibility index (Phi) is 19.9. The molecule has 0 saturated carbocycles. The number of halogens is 2. The number of nitrogens with one attached hydrogen (secondary N) is 2. The van der Waals surface area contributed by atoms with Gasteiger partial charge in [0, 0.05) is 12.8 Å². The fourth-order valence-corrected chi connectivity index (χ4v) is 7.50. The lowest BCUT2D eigenvalue weighted by atomic mass is 9.85. The van der Waals surface area contributed by atoms with Crippen LogP contribution in [-0.4, -0.2) is 87.9 Å². The molecule has 11 heteroatoms. The van der Waals surface area contributed by atoms with Crippen LogP contribution in [0.1, 0.15) is 136 Å². The Labute approximate surface area is 281 Å². The molecule has 0 bridgehead atoms. The van der Waals surface area contributed by atoms with Gasteiger partial charge in [-0.3, -0.25) is 9.59 Å². The van der Waals surface area contributed by atoms with Gasteiger partial charge in [-0.05, 0) is 39.0 Å². The third kappa shape index (κ3) is 14.2. The van der Waals surface area contributed by atoms with Crippen LogP contribution in [0.4, 0.5) is 4.39 Å². The molecule has 4 N–H and O–H groups in total. The lowest BCUT2D eigenvalue weighted by molar-refractivity contribution is -0.218. The second kappa shape index (κ2) is 22.1. The van der Waals surface area contributed by atoms with E-state index in [4.69, 9.17) is 21.1 Å². The van der Waals surface area contributed by atoms with Gasteiger partial charge >= 0.3 is 5.97 Å². The number of carbonyl (C=O) groups is 2. The van der Waals surface area contributed by atoms with Gasteiger partial charge in [0.2, 0.25) is 5.91 Å². The van der Waals surface area contributed by atoms with E-state index in [1.807, 2.05) is 6.92 Å². The predicted molar refractivity (Wildman–Crippen MR) is 181 cm³/mol. The van der Waals surface area contributed by atoms with Crippen molar-refractivity contribution in [2.75, 3.05) is 12.8 Å². The summed E-state index contributed by atoms with van der Waals surface area (Å²) < 4.78 is 27.0. The molecule has 1 amide bonds. The number of thioether (sulfide) groups is 1. The van der Waals surface area contributed by atoms with Gasteiger partial charge in [0.1, 0.15) is 29.4 Å². The number of piperidine rings is 1. The summed E-state index contributed by atoms with van der Waals surface area (Å²) in [5.74, 6) is -0.862. The van der Waals surface area contributed by atoms with Crippen molar-refractivity contribution in [3.05, 3.63) is 0 Å². The third-order valence-electron chi connectivity index (χ3n) is 9.27. The number of esters is 1. The largest absolute Gasteiger partial charge is 0.456 e. The molecular weight excluding hydrogens is 619 g/mol. The van der Waals surface area contributed by atoms with Crippen LogP contribution in [0.2, 0.25) is 0 Å². The molecular formula is C34H62ClFN2O6S. The first-order valence-electron chi connectivity index (χ1n) is 17.7. The minimum Gasteiger partial charge on any atom is -0.456 e. The van der Waals surface area contributed by atoms with Crippen molar-refractivity contribution in [2.45, 2.75) is 189 Å². The van der Waals surface area contributed by atoms with E-state index in [1.54, 1.807) is 13.2 Å². The van der Waals surface area contributed by atoms with Gasteiger partial charge < -0.3 is 30.3 Å². The van der Waals surface area contributed by atoms with Crippen molar-refractivity contribution < 1.29 is 33.7 Å². The lowest BCUT2D eigenvalue weighted by Gasteiger charge is -2.45. The number of hydrogen-bond acceptors (Lipinski definition) is 8. The standard InChI is InChI=1S/C34H62ClFN2O6S/c1-5-7-8-9-10-11-12-13-14-15-16-17-18-19-26(39)43-31-29(41)28(40)30(44-33(31)45-4)27(24(3)35)38-32(42)25-23-34(36,20-6-2)21-22-37-25/h24-25,27-31,33,37,40-41H,5-23H2,1-4H3,(H,38,42). The molecule has 2 aliphatic rings. The van der Waals surface area contributed by atoms with Crippen LogP contribution in [0.15, 0.2) is 0 Å². The quantitative estimate of drug-likeness (QED) is 0.0577. The summed E-state index contributed by atoms with van der Waals surface area (Å²) in [4.78, 5) is 25.9. The van der Waals surface area contributed by atoms with Gasteiger partial charge in [-0.2, -0.15) is 0 Å². The average molecular weight is 681 g/mol. The first-order chi connectivity index (χ1) is 21.6. The Balaban J connectivity index is 1.78. The molecule has 2 heterocycles. The molecule has 9 unspecified atom stereocenters. The maximum absolute atomic E-state index is 15.2. The van der Waals surface area contributed by atoms with Crippen molar-refractivity contribution in [2.24, 2.45) is 0 Å². The molecule has 2 rings (SSSR count). The Morgan fingerprint density at radius 1 is 1.00 bits per heavy atom. The van der Waals surface area contributed by atoms with E-state index in [9.17, 15) is 19.8 Å². The number of hydrogen-bond donors (Lipinski definition) is 4. The number of unbranched alkanes of at least 4 members (excludes halogenated alkanes) is 12. The molecule has 0 aliphatic carbocycles. The van der Waals surface area contributed by atoms with Crippen molar-refractivity contribution >= 4 is 35.2 Å². The van der Waals surface area contributed by atoms with Gasteiger partial charge in [0.25, 0.3) is 0 Å². The maximum Gasteiger partial charge on any atom is 0.306 e. The highest BCUT2D eigenvalue weighted by Crippen LogP contribution is 2.34. The third-order valence-corrected chi connectivity index (χ3v) is 10.4. The van der Waals surface area contributed by atoms with Crippen LogP contribution >= 0.6 is 23.4 Å². The number of aliphatic hydroxyl groups excluding tert-OH is 2. The van der Waals surface area contributed by atoms with Crippen LogP contribution in [0, 0.1) is 0 Å². The molecule has 8 nitrogen and oxygen atoms in total. The number of rotatable bonds is 22. The Bertz CT molecular complexity index is 839. The van der Waals surface area contributed by atoms with Crippen molar-refractivity contribution in [1.29, 1.82) is 0 Å². The molecule has 0 aromatic heterocycles. The van der Waals surface area contributed by atoms with E-state index in [1.165, 1.54) is 76.0 Å². The summed E-state index contributed by atoms with van der Waals surface area (Å²) >= 11 is 7.71. The van der Waals surface area contributed by atoms with E-state index in [0.717, 1.165) is 12.8 Å². The summed E-state index contributed by atoms with van der Waals surface area (Å²) in [7, 11) is 0. The smallest absolute Gasteiger partial charge is 0.306 e. The maximum atomic E-state index is 15.2. The first-order valence-corrected chi connectivity index (χ1v) is 19.4. The minimum absolute atomic E-state index is 0.0531. The van der Waals surface area contributed by atoms with Crippen LogP contribution in [0.3, 0.4) is 0 Å². The van der Waals surface area contributed by atoms with Crippen molar-refractivity contribution in [1.82, 2.24) is 10.6 Å². The summed E-state index contributed by atoms with van der Waals surface area (Å²) in [6, 6.07) is -1.61. The Morgan fingerprint density at radius 2 is 1.58 bits per heavy atom. The summed E-state index contributed by atoms with van der Waals surface area (Å²) in [5.41, 5.74) is -2.18. The molecule has 264 valence electrons. The van der Waals surface area contributed by atoms with Gasteiger partial charge in [-0.1, -0.05) is 97.3 Å². The minimum atomic E-state index is -1.46. The second-order valence-electron chi connectivity index (χ2n) is 13.2. The monoisotopic (exact) mass is 680 g/mol. The van der Waals surface area contributed by atoms with Crippen molar-refractivity contribution in [3.8, 4) is 0 Å². The summed E-state index contributed by atoms with van der Waals surface area (Å²) in [6.07, 6.45) is 14.2. The van der Waals surface area contributed by atoms with Crippen LogP contribution in [-0.2, 0) is 19.1 Å². The molecule has 9 atom stereocenters. The van der Waals surface area contributed by atoms with E-state index in [0.29, 0.717) is 32.2 Å². The topological polar surface area (TPSA) is 117 Å². The molecule has 45 heavy (non-hydrogen) atoms. The highest BCUT2D eigenvalue weighted by atomic mass is 35.5. The van der Waals surface area contributed by atoms with E-state index in [-0.39, 0.29) is 12.8 Å². The van der Waals surface area contributed by atoms with Crippen LogP contribution < -0.4 is 10.6 Å². The van der Waals surface area contributed by atoms with Gasteiger partial charge in [-0.15, -0.1) is 23.4 Å². The summed E-state index contributed by atoms with van der Waals surface area (Å²) in [6.45, 7) is 6.21. The van der Waals surface area contributed by atoms with Gasteiger partial charge in [0.05, 0.1) is 17.5 Å². The second-order valence-corrected chi connectivity index (χ2v) is 14.8. The van der Waals surface area contributed by atoms with Crippen molar-refractivity contribution in [3.63, 3.8) is 0 Å². The molecule has 2 saturated heterocycles. The molecule has 0 radical (unpaired) electrons. The molecule has 0 aromatic carbocycles. The van der Waals surface area contributed by atoms with E-state index < -0.39 is 64.9 Å².